The molecule has 1 fully saturated rings. The van der Waals surface area contributed by atoms with Gasteiger partial charge < -0.3 is 25.0 Å². The molecule has 3 aliphatic rings. The van der Waals surface area contributed by atoms with Crippen LogP contribution in [0.1, 0.15) is 36.5 Å². The van der Waals surface area contributed by atoms with E-state index in [1.54, 1.807) is 42.5 Å². The number of likely N-dealkylation sites (tertiary alicyclic amines) is 1. The average Bonchev–Trinajstić information content (AvgIpc) is 3.22. The molecule has 2 aromatic carbocycles. The number of hydrogen-bond donors (Lipinski definition) is 3. The number of hydrogen-bond acceptors (Lipinski definition) is 6. The molecule has 2 aliphatic heterocycles. The number of benzene rings is 2. The van der Waals surface area contributed by atoms with Gasteiger partial charge in [0.05, 0.1) is 5.57 Å². The van der Waals surface area contributed by atoms with Crippen molar-refractivity contribution in [1.82, 2.24) is 4.90 Å². The van der Waals surface area contributed by atoms with Gasteiger partial charge in [0.15, 0.2) is 0 Å². The minimum absolute atomic E-state index is 0.00103. The molecule has 0 radical (unpaired) electrons. The summed E-state index contributed by atoms with van der Waals surface area (Å²) in [5, 5.41) is 34.8. The van der Waals surface area contributed by atoms with Gasteiger partial charge in [0.25, 0.3) is 17.5 Å². The molecule has 7 heteroatoms. The van der Waals surface area contributed by atoms with Crippen LogP contribution in [0.2, 0.25) is 0 Å². The Morgan fingerprint density at radius 3 is 2.23 bits per heavy atom. The van der Waals surface area contributed by atoms with Crippen LogP contribution in [0.3, 0.4) is 0 Å². The van der Waals surface area contributed by atoms with Crippen molar-refractivity contribution in [2.75, 3.05) is 6.54 Å². The highest BCUT2D eigenvalue weighted by Gasteiger charge is 2.84. The molecule has 0 aromatic heterocycles. The maximum absolute atomic E-state index is 13.2. The van der Waals surface area contributed by atoms with E-state index < -0.39 is 28.8 Å². The molecule has 30 heavy (non-hydrogen) atoms. The number of carbonyl (C=O) groups excluding carboxylic acids is 2. The Labute approximate surface area is 172 Å². The van der Waals surface area contributed by atoms with Crippen LogP contribution in [0.5, 0.6) is 0 Å². The Morgan fingerprint density at radius 2 is 1.57 bits per heavy atom. The van der Waals surface area contributed by atoms with Crippen molar-refractivity contribution in [3.63, 3.8) is 0 Å². The smallest absolute Gasteiger partial charge is 0.296 e. The van der Waals surface area contributed by atoms with Crippen molar-refractivity contribution in [1.29, 1.82) is 0 Å². The Hall–Kier alpha value is -3.00. The lowest BCUT2D eigenvalue weighted by atomic mass is 9.78. The van der Waals surface area contributed by atoms with Crippen LogP contribution in [0.25, 0.3) is 5.76 Å². The zero-order valence-corrected chi connectivity index (χ0v) is 16.3. The van der Waals surface area contributed by atoms with Gasteiger partial charge in [-0.05, 0) is 6.42 Å². The number of nitrogens with zero attached hydrogens (tertiary/aromatic N) is 1. The molecule has 2 atom stereocenters. The SMILES string of the molecule is CCCCN1C(=O)C(=O)C2=C(c3ccccc3)O[C@@]3(O)c4ccccc4C(O)(O)[C@]213. The number of ketones is 1. The van der Waals surface area contributed by atoms with Gasteiger partial charge in [0, 0.05) is 23.2 Å². The molecular formula is C23H21NO6. The fraction of sp³-hybridized carbons (Fsp3) is 0.304. The van der Waals surface area contributed by atoms with E-state index in [1.165, 1.54) is 12.1 Å². The molecule has 7 nitrogen and oxygen atoms in total. The maximum atomic E-state index is 13.2. The van der Waals surface area contributed by atoms with E-state index in [2.05, 4.69) is 0 Å². The predicted octanol–water partition coefficient (Wildman–Crippen LogP) is 1.37. The Bertz CT molecular complexity index is 1110. The molecule has 5 rings (SSSR count). The first-order valence-electron chi connectivity index (χ1n) is 9.95. The van der Waals surface area contributed by atoms with Crippen molar-refractivity contribution in [3.8, 4) is 0 Å². The normalized spacial score (nSPS) is 28.5. The molecule has 1 spiro atoms. The summed E-state index contributed by atoms with van der Waals surface area (Å²) in [6.45, 7) is 1.98. The first-order chi connectivity index (χ1) is 14.3. The summed E-state index contributed by atoms with van der Waals surface area (Å²) >= 11 is 0. The number of fused-ring (bicyclic) bond motifs is 2. The van der Waals surface area contributed by atoms with Crippen LogP contribution in [0.4, 0.5) is 0 Å². The van der Waals surface area contributed by atoms with E-state index in [0.29, 0.717) is 18.4 Å². The molecule has 1 amide bonds. The molecule has 0 unspecified atom stereocenters. The minimum atomic E-state index is -2.74. The Kier molecular flexibility index (Phi) is 3.80. The molecule has 1 saturated heterocycles. The van der Waals surface area contributed by atoms with E-state index in [4.69, 9.17) is 4.74 Å². The third-order valence-corrected chi connectivity index (χ3v) is 6.34. The molecule has 0 saturated carbocycles. The summed E-state index contributed by atoms with van der Waals surface area (Å²) < 4.78 is 6.01. The van der Waals surface area contributed by atoms with E-state index in [-0.39, 0.29) is 29.0 Å². The van der Waals surface area contributed by atoms with Crippen molar-refractivity contribution in [2.24, 2.45) is 0 Å². The molecular weight excluding hydrogens is 386 g/mol. The van der Waals surface area contributed by atoms with Crippen LogP contribution in [-0.4, -0.2) is 44.0 Å². The van der Waals surface area contributed by atoms with Crippen molar-refractivity contribution in [3.05, 3.63) is 76.9 Å². The standard InChI is InChI=1S/C23H21NO6/c1-2-3-13-24-20(26)18(25)17-19(14-9-5-4-6-10-14)30-23(29)16-12-8-7-11-15(16)22(27,28)21(17,23)24/h4-12,27-29H,2-3,13H2,1H3/t21-,23-/m0/s1. The second-order valence-corrected chi connectivity index (χ2v) is 7.88. The third kappa shape index (κ3) is 1.90. The molecule has 0 bridgehead atoms. The fourth-order valence-corrected chi connectivity index (χ4v) is 5.08. The highest BCUT2D eigenvalue weighted by Crippen LogP contribution is 2.67. The third-order valence-electron chi connectivity index (χ3n) is 6.34. The number of carbonyl (C=O) groups is 2. The quantitative estimate of drug-likeness (QED) is 0.522. The predicted molar refractivity (Wildman–Crippen MR) is 105 cm³/mol. The van der Waals surface area contributed by atoms with Gasteiger partial charge in [-0.15, -0.1) is 0 Å². The summed E-state index contributed by atoms with van der Waals surface area (Å²) in [7, 11) is 0. The van der Waals surface area contributed by atoms with Gasteiger partial charge in [-0.2, -0.15) is 0 Å². The lowest BCUT2D eigenvalue weighted by Gasteiger charge is -2.45. The number of rotatable bonds is 4. The average molecular weight is 407 g/mol. The summed E-state index contributed by atoms with van der Waals surface area (Å²) in [5.41, 5.74) is -1.85. The van der Waals surface area contributed by atoms with Crippen LogP contribution < -0.4 is 0 Å². The highest BCUT2D eigenvalue weighted by molar-refractivity contribution is 6.48. The zero-order valence-electron chi connectivity index (χ0n) is 16.3. The van der Waals surface area contributed by atoms with Gasteiger partial charge in [-0.1, -0.05) is 67.9 Å². The highest BCUT2D eigenvalue weighted by atomic mass is 16.6. The van der Waals surface area contributed by atoms with Gasteiger partial charge in [0.2, 0.25) is 11.3 Å². The summed E-state index contributed by atoms with van der Waals surface area (Å²) in [6, 6.07) is 14.8. The van der Waals surface area contributed by atoms with Crippen LogP contribution in [-0.2, 0) is 25.9 Å². The fourth-order valence-electron chi connectivity index (χ4n) is 5.08. The number of unbranched alkanes of at least 4 members (excludes halogenated alkanes) is 1. The first kappa shape index (κ1) is 19.0. The number of ether oxygens (including phenoxy) is 1. The van der Waals surface area contributed by atoms with Crippen LogP contribution in [0.15, 0.2) is 60.2 Å². The lowest BCUT2D eigenvalue weighted by Crippen LogP contribution is -2.66. The Balaban J connectivity index is 1.87. The molecule has 2 heterocycles. The molecule has 2 aromatic rings. The van der Waals surface area contributed by atoms with Gasteiger partial charge >= 0.3 is 0 Å². The second-order valence-electron chi connectivity index (χ2n) is 7.88. The second kappa shape index (κ2) is 6.01. The van der Waals surface area contributed by atoms with E-state index in [9.17, 15) is 24.9 Å². The van der Waals surface area contributed by atoms with Gasteiger partial charge in [-0.25, -0.2) is 0 Å². The van der Waals surface area contributed by atoms with E-state index >= 15 is 0 Å². The van der Waals surface area contributed by atoms with Crippen molar-refractivity contribution < 1.29 is 29.6 Å². The largest absolute Gasteiger partial charge is 0.454 e. The van der Waals surface area contributed by atoms with Gasteiger partial charge in [0.1, 0.15) is 5.76 Å². The lowest BCUT2D eigenvalue weighted by molar-refractivity contribution is -0.312. The Morgan fingerprint density at radius 1 is 0.933 bits per heavy atom. The maximum Gasteiger partial charge on any atom is 0.296 e. The van der Waals surface area contributed by atoms with E-state index in [0.717, 1.165) is 4.90 Å². The zero-order chi connectivity index (χ0) is 21.3. The van der Waals surface area contributed by atoms with Crippen LogP contribution >= 0.6 is 0 Å². The number of Topliss-reactive ketones (excluding diaryl/α,β-unsaturated/α-hetero) is 1. The minimum Gasteiger partial charge on any atom is -0.454 e. The van der Waals surface area contributed by atoms with E-state index in [1.807, 2.05) is 6.92 Å². The number of amides is 1. The molecule has 154 valence electrons. The summed E-state index contributed by atoms with van der Waals surface area (Å²) in [4.78, 5) is 27.4. The summed E-state index contributed by atoms with van der Waals surface area (Å²) in [5.74, 6) is -6.87. The first-order valence-corrected chi connectivity index (χ1v) is 9.95. The van der Waals surface area contributed by atoms with Gasteiger partial charge in [-0.3, -0.25) is 9.59 Å². The number of aliphatic hydroxyl groups is 3. The molecule has 1 aliphatic carbocycles. The monoisotopic (exact) mass is 407 g/mol. The summed E-state index contributed by atoms with van der Waals surface area (Å²) in [6.07, 6.45) is 1.21. The molecule has 3 N–H and O–H groups in total. The van der Waals surface area contributed by atoms with Crippen LogP contribution in [0, 0.1) is 0 Å². The van der Waals surface area contributed by atoms with Crippen molar-refractivity contribution >= 4 is 17.4 Å². The topological polar surface area (TPSA) is 107 Å². The van der Waals surface area contributed by atoms with Crippen molar-refractivity contribution in [2.45, 2.75) is 36.9 Å².